The Hall–Kier alpha value is -1.39. The van der Waals surface area contributed by atoms with E-state index in [1.54, 1.807) is 0 Å². The van der Waals surface area contributed by atoms with Gasteiger partial charge in [-0.2, -0.15) is 0 Å². The molecule has 1 heterocycles. The minimum absolute atomic E-state index is 0.0363. The summed E-state index contributed by atoms with van der Waals surface area (Å²) in [5, 5.41) is 2.79. The quantitative estimate of drug-likeness (QED) is 0.885. The molecule has 1 amide bonds. The van der Waals surface area contributed by atoms with Gasteiger partial charge in [-0.05, 0) is 43.0 Å². The molecule has 2 atom stereocenters. The molecule has 110 valence electrons. The molecule has 1 aromatic rings. The molecule has 0 aliphatic carbocycles. The van der Waals surface area contributed by atoms with E-state index in [9.17, 15) is 4.79 Å². The first kappa shape index (κ1) is 15.0. The third-order valence-corrected chi connectivity index (χ3v) is 4.13. The van der Waals surface area contributed by atoms with Crippen LogP contribution in [0, 0.1) is 5.92 Å². The van der Waals surface area contributed by atoms with E-state index in [1.165, 1.54) is 25.3 Å². The van der Waals surface area contributed by atoms with E-state index in [0.717, 1.165) is 25.3 Å². The molecule has 0 aromatic heterocycles. The van der Waals surface area contributed by atoms with Crippen molar-refractivity contribution in [3.63, 3.8) is 0 Å². The number of likely N-dealkylation sites (tertiary alicyclic amines) is 1. The highest BCUT2D eigenvalue weighted by Gasteiger charge is 2.27. The Bertz CT molecular complexity index is 444. The van der Waals surface area contributed by atoms with Crippen LogP contribution in [0.2, 0.25) is 0 Å². The number of hydrogen-bond donors (Lipinski definition) is 2. The van der Waals surface area contributed by atoms with Crippen LogP contribution in [-0.4, -0.2) is 29.9 Å². The molecule has 0 bridgehead atoms. The van der Waals surface area contributed by atoms with Crippen molar-refractivity contribution in [3.05, 3.63) is 29.8 Å². The average Bonchev–Trinajstić information content (AvgIpc) is 2.41. The second kappa shape index (κ2) is 6.86. The number of carbonyl (C=O) groups is 1. The molecule has 1 fully saturated rings. The van der Waals surface area contributed by atoms with E-state index < -0.39 is 0 Å². The van der Waals surface area contributed by atoms with Crippen LogP contribution >= 0.6 is 0 Å². The maximum absolute atomic E-state index is 11.0. The summed E-state index contributed by atoms with van der Waals surface area (Å²) >= 11 is 0. The van der Waals surface area contributed by atoms with Gasteiger partial charge in [0.05, 0.1) is 0 Å². The van der Waals surface area contributed by atoms with E-state index in [2.05, 4.69) is 29.3 Å². The molecule has 0 spiro atoms. The van der Waals surface area contributed by atoms with Gasteiger partial charge in [-0.15, -0.1) is 0 Å². The van der Waals surface area contributed by atoms with Gasteiger partial charge in [-0.1, -0.05) is 19.1 Å². The fourth-order valence-corrected chi connectivity index (χ4v) is 3.04. The minimum Gasteiger partial charge on any atom is -0.329 e. The molecule has 1 aliphatic rings. The highest BCUT2D eigenvalue weighted by atomic mass is 16.1. The summed E-state index contributed by atoms with van der Waals surface area (Å²) < 4.78 is 0. The van der Waals surface area contributed by atoms with Crippen molar-refractivity contribution < 1.29 is 4.79 Å². The topological polar surface area (TPSA) is 58.4 Å². The Morgan fingerprint density at radius 1 is 1.40 bits per heavy atom. The van der Waals surface area contributed by atoms with Crippen LogP contribution in [0.5, 0.6) is 0 Å². The molecule has 1 saturated heterocycles. The highest BCUT2D eigenvalue weighted by molar-refractivity contribution is 5.88. The smallest absolute Gasteiger partial charge is 0.221 e. The van der Waals surface area contributed by atoms with Crippen molar-refractivity contribution in [3.8, 4) is 0 Å². The lowest BCUT2D eigenvalue weighted by Gasteiger charge is -2.39. The number of carbonyl (C=O) groups excluding carboxylic acids is 1. The van der Waals surface area contributed by atoms with Crippen LogP contribution in [0.15, 0.2) is 24.3 Å². The number of nitrogens with two attached hydrogens (primary N) is 1. The summed E-state index contributed by atoms with van der Waals surface area (Å²) in [6, 6.07) is 8.57. The maximum atomic E-state index is 11.0. The first-order chi connectivity index (χ1) is 9.60. The summed E-state index contributed by atoms with van der Waals surface area (Å²) in [5.41, 5.74) is 8.05. The van der Waals surface area contributed by atoms with Gasteiger partial charge in [-0.25, -0.2) is 0 Å². The molecule has 20 heavy (non-hydrogen) atoms. The molecule has 0 saturated carbocycles. The molecule has 4 nitrogen and oxygen atoms in total. The lowest BCUT2D eigenvalue weighted by Crippen LogP contribution is -2.47. The monoisotopic (exact) mass is 275 g/mol. The molecule has 1 aliphatic heterocycles. The van der Waals surface area contributed by atoms with Crippen molar-refractivity contribution in [2.75, 3.05) is 18.4 Å². The van der Waals surface area contributed by atoms with Crippen molar-refractivity contribution in [2.24, 2.45) is 11.7 Å². The van der Waals surface area contributed by atoms with Crippen LogP contribution < -0.4 is 11.1 Å². The molecule has 0 radical (unpaired) electrons. The van der Waals surface area contributed by atoms with Crippen molar-refractivity contribution in [1.29, 1.82) is 0 Å². The Morgan fingerprint density at radius 2 is 2.10 bits per heavy atom. The van der Waals surface area contributed by atoms with Gasteiger partial charge < -0.3 is 11.1 Å². The Kier molecular flexibility index (Phi) is 5.15. The Balaban J connectivity index is 1.99. The molecular weight excluding hydrogens is 250 g/mol. The van der Waals surface area contributed by atoms with Crippen LogP contribution in [0.1, 0.15) is 32.3 Å². The number of anilines is 1. The number of nitrogens with one attached hydrogen (secondary N) is 1. The first-order valence-corrected chi connectivity index (χ1v) is 7.41. The van der Waals surface area contributed by atoms with E-state index in [4.69, 9.17) is 5.73 Å². The first-order valence-electron chi connectivity index (χ1n) is 7.41. The molecule has 3 N–H and O–H groups in total. The Labute approximate surface area is 121 Å². The fraction of sp³-hybridized carbons (Fsp3) is 0.562. The number of benzene rings is 1. The van der Waals surface area contributed by atoms with Gasteiger partial charge >= 0.3 is 0 Å². The number of rotatable bonds is 4. The third kappa shape index (κ3) is 3.81. The van der Waals surface area contributed by atoms with Crippen molar-refractivity contribution in [1.82, 2.24) is 4.90 Å². The standard InChI is InChI=1S/C16H25N3O/c1-12-4-3-9-19(16(12)10-17)11-14-5-7-15(8-6-14)18-13(2)20/h5-8,12,16H,3-4,9-11,17H2,1-2H3,(H,18,20). The van der Waals surface area contributed by atoms with Crippen molar-refractivity contribution >= 4 is 11.6 Å². The largest absolute Gasteiger partial charge is 0.329 e. The molecule has 2 unspecified atom stereocenters. The summed E-state index contributed by atoms with van der Waals surface area (Å²) in [7, 11) is 0. The van der Waals surface area contributed by atoms with Crippen LogP contribution in [-0.2, 0) is 11.3 Å². The van der Waals surface area contributed by atoms with Gasteiger partial charge in [0.1, 0.15) is 0 Å². The summed E-state index contributed by atoms with van der Waals surface area (Å²) in [5.74, 6) is 0.637. The summed E-state index contributed by atoms with van der Waals surface area (Å²) in [4.78, 5) is 13.5. The number of piperidine rings is 1. The zero-order chi connectivity index (χ0) is 14.5. The summed E-state index contributed by atoms with van der Waals surface area (Å²) in [6.45, 7) is 6.61. The second-order valence-corrected chi connectivity index (χ2v) is 5.77. The fourth-order valence-electron chi connectivity index (χ4n) is 3.04. The van der Waals surface area contributed by atoms with Gasteiger partial charge in [0.2, 0.25) is 5.91 Å². The number of nitrogens with zero attached hydrogens (tertiary/aromatic N) is 1. The van der Waals surface area contributed by atoms with E-state index in [-0.39, 0.29) is 5.91 Å². The lowest BCUT2D eigenvalue weighted by molar-refractivity contribution is -0.114. The van der Waals surface area contributed by atoms with E-state index >= 15 is 0 Å². The highest BCUT2D eigenvalue weighted by Crippen LogP contribution is 2.24. The van der Waals surface area contributed by atoms with E-state index in [0.29, 0.717) is 12.0 Å². The van der Waals surface area contributed by atoms with Gasteiger partial charge in [0.25, 0.3) is 0 Å². The lowest BCUT2D eigenvalue weighted by atomic mass is 9.90. The van der Waals surface area contributed by atoms with Gasteiger partial charge in [-0.3, -0.25) is 9.69 Å². The number of amides is 1. The summed E-state index contributed by atoms with van der Waals surface area (Å²) in [6.07, 6.45) is 2.53. The van der Waals surface area contributed by atoms with Gasteiger partial charge in [0, 0.05) is 31.7 Å². The van der Waals surface area contributed by atoms with Crippen LogP contribution in [0.3, 0.4) is 0 Å². The number of hydrogen-bond acceptors (Lipinski definition) is 3. The van der Waals surface area contributed by atoms with E-state index in [1.807, 2.05) is 12.1 Å². The van der Waals surface area contributed by atoms with Crippen LogP contribution in [0.4, 0.5) is 5.69 Å². The molecule has 4 heteroatoms. The maximum Gasteiger partial charge on any atom is 0.221 e. The third-order valence-electron chi connectivity index (χ3n) is 4.13. The SMILES string of the molecule is CC(=O)Nc1ccc(CN2CCCC(C)C2CN)cc1. The van der Waals surface area contributed by atoms with Crippen molar-refractivity contribution in [2.45, 2.75) is 39.3 Å². The Morgan fingerprint density at radius 3 is 2.70 bits per heavy atom. The van der Waals surface area contributed by atoms with Gasteiger partial charge in [0.15, 0.2) is 0 Å². The normalized spacial score (nSPS) is 23.6. The zero-order valence-corrected chi connectivity index (χ0v) is 12.4. The minimum atomic E-state index is -0.0363. The van der Waals surface area contributed by atoms with Crippen LogP contribution in [0.25, 0.3) is 0 Å². The zero-order valence-electron chi connectivity index (χ0n) is 12.4. The predicted octanol–water partition coefficient (Wildman–Crippen LogP) is 2.20. The molecule has 1 aromatic carbocycles. The molecule has 2 rings (SSSR count). The molecular formula is C16H25N3O. The average molecular weight is 275 g/mol. The predicted molar refractivity (Wildman–Crippen MR) is 82.4 cm³/mol. The second-order valence-electron chi connectivity index (χ2n) is 5.77.